The highest BCUT2D eigenvalue weighted by Crippen LogP contribution is 2.41. The molecule has 1 atom stereocenters. The number of hydrogen-bond donors (Lipinski definition) is 1. The van der Waals surface area contributed by atoms with E-state index in [9.17, 15) is 9.90 Å². The number of nitrogens with zero attached hydrogens (tertiary/aromatic N) is 3. The third-order valence-electron chi connectivity index (χ3n) is 7.18. The Hall–Kier alpha value is -4.49. The molecule has 2 aromatic heterocycles. The first-order valence-corrected chi connectivity index (χ1v) is 13.9. The van der Waals surface area contributed by atoms with E-state index in [4.69, 9.17) is 14.5 Å². The second kappa shape index (κ2) is 10.8. The minimum absolute atomic E-state index is 0.542. The molecule has 7 heteroatoms. The zero-order valence-corrected chi connectivity index (χ0v) is 23.5. The molecule has 208 valence electrons. The van der Waals surface area contributed by atoms with Crippen LogP contribution in [0.25, 0.3) is 33.3 Å². The third-order valence-corrected chi connectivity index (χ3v) is 7.18. The van der Waals surface area contributed by atoms with E-state index in [1.54, 1.807) is 0 Å². The van der Waals surface area contributed by atoms with Crippen LogP contribution >= 0.6 is 0 Å². The van der Waals surface area contributed by atoms with Crippen LogP contribution in [0, 0.1) is 0 Å². The molecule has 0 radical (unpaired) electrons. The predicted octanol–water partition coefficient (Wildman–Crippen LogP) is 7.08. The van der Waals surface area contributed by atoms with Crippen LogP contribution in [-0.2, 0) is 22.5 Å². The van der Waals surface area contributed by atoms with Crippen molar-refractivity contribution >= 4 is 16.7 Å². The van der Waals surface area contributed by atoms with E-state index in [1.165, 1.54) is 0 Å². The fourth-order valence-electron chi connectivity index (χ4n) is 5.43. The molecule has 0 saturated carbocycles. The van der Waals surface area contributed by atoms with Gasteiger partial charge < -0.3 is 14.6 Å². The van der Waals surface area contributed by atoms with Gasteiger partial charge in [-0.1, -0.05) is 54.6 Å². The summed E-state index contributed by atoms with van der Waals surface area (Å²) in [5.41, 5.74) is 5.10. The lowest BCUT2D eigenvalue weighted by molar-refractivity contribution is -0.160. The Kier molecular flexibility index (Phi) is 7.05. The minimum Gasteiger partial charge on any atom is -0.493 e. The summed E-state index contributed by atoms with van der Waals surface area (Å²) in [5.74, 6) is -0.191. The van der Waals surface area contributed by atoms with Gasteiger partial charge in [-0.15, -0.1) is 0 Å². The molecule has 1 unspecified atom stereocenters. The molecule has 3 aromatic carbocycles. The predicted molar refractivity (Wildman–Crippen MR) is 159 cm³/mol. The first-order chi connectivity index (χ1) is 19.8. The number of ether oxygens (including phenoxy) is 2. The molecular formula is C34H33N3O4. The molecular weight excluding hydrogens is 514 g/mol. The van der Waals surface area contributed by atoms with E-state index >= 15 is 0 Å². The second-order valence-electron chi connectivity index (χ2n) is 11.4. The molecule has 6 rings (SSSR count). The summed E-state index contributed by atoms with van der Waals surface area (Å²) >= 11 is 0. The number of aliphatic carboxylic acids is 1. The van der Waals surface area contributed by atoms with Crippen LogP contribution in [-0.4, -0.2) is 38.0 Å². The van der Waals surface area contributed by atoms with Crippen molar-refractivity contribution in [2.24, 2.45) is 0 Å². The van der Waals surface area contributed by atoms with Gasteiger partial charge in [0.05, 0.1) is 36.3 Å². The molecule has 0 fully saturated rings. The summed E-state index contributed by atoms with van der Waals surface area (Å²) in [6.45, 7) is 6.93. The topological polar surface area (TPSA) is 86.5 Å². The molecule has 1 N–H and O–H groups in total. The Morgan fingerprint density at radius 3 is 2.51 bits per heavy atom. The van der Waals surface area contributed by atoms with Crippen LogP contribution < -0.4 is 4.74 Å². The van der Waals surface area contributed by atoms with Crippen molar-refractivity contribution < 1.29 is 19.4 Å². The zero-order valence-electron chi connectivity index (χ0n) is 23.5. The van der Waals surface area contributed by atoms with Gasteiger partial charge in [0.25, 0.3) is 0 Å². The number of pyridine rings is 1. The van der Waals surface area contributed by atoms with E-state index in [0.29, 0.717) is 24.4 Å². The molecule has 0 saturated heterocycles. The molecule has 0 spiro atoms. The van der Waals surface area contributed by atoms with Crippen molar-refractivity contribution in [3.05, 3.63) is 102 Å². The molecule has 3 heterocycles. The van der Waals surface area contributed by atoms with Crippen LogP contribution in [0.2, 0.25) is 0 Å². The second-order valence-corrected chi connectivity index (χ2v) is 11.4. The van der Waals surface area contributed by atoms with Gasteiger partial charge in [-0.2, -0.15) is 5.10 Å². The van der Waals surface area contributed by atoms with Crippen LogP contribution in [0.5, 0.6) is 5.75 Å². The van der Waals surface area contributed by atoms with Gasteiger partial charge in [-0.25, -0.2) is 9.78 Å². The quantitative estimate of drug-likeness (QED) is 0.234. The Morgan fingerprint density at radius 1 is 1.00 bits per heavy atom. The van der Waals surface area contributed by atoms with Crippen molar-refractivity contribution in [2.45, 2.75) is 51.9 Å². The number of carbonyl (C=O) groups is 1. The average molecular weight is 548 g/mol. The largest absolute Gasteiger partial charge is 0.493 e. The van der Waals surface area contributed by atoms with Crippen LogP contribution in [0.4, 0.5) is 0 Å². The highest BCUT2D eigenvalue weighted by atomic mass is 16.5. The number of benzene rings is 3. The summed E-state index contributed by atoms with van der Waals surface area (Å²) in [5, 5.41) is 16.7. The van der Waals surface area contributed by atoms with Crippen molar-refractivity contribution in [3.63, 3.8) is 0 Å². The fourth-order valence-corrected chi connectivity index (χ4v) is 5.43. The van der Waals surface area contributed by atoms with E-state index < -0.39 is 17.7 Å². The van der Waals surface area contributed by atoms with E-state index in [1.807, 2.05) is 92.4 Å². The van der Waals surface area contributed by atoms with Crippen molar-refractivity contribution in [1.29, 1.82) is 0 Å². The van der Waals surface area contributed by atoms with Crippen LogP contribution in [0.3, 0.4) is 0 Å². The Morgan fingerprint density at radius 2 is 1.76 bits per heavy atom. The zero-order chi connectivity index (χ0) is 28.6. The first kappa shape index (κ1) is 26.7. The Bertz CT molecular complexity index is 1720. The maximum Gasteiger partial charge on any atom is 0.337 e. The lowest BCUT2D eigenvalue weighted by Crippen LogP contribution is -2.28. The number of fused-ring (bicyclic) bond motifs is 2. The van der Waals surface area contributed by atoms with Crippen molar-refractivity contribution in [2.75, 3.05) is 6.61 Å². The molecule has 41 heavy (non-hydrogen) atoms. The number of hydrogen-bond acceptors (Lipinski definition) is 5. The summed E-state index contributed by atoms with van der Waals surface area (Å²) in [6, 6.07) is 24.0. The first-order valence-electron chi connectivity index (χ1n) is 13.9. The number of carboxylic acids is 1. The number of aromatic nitrogens is 3. The Labute approximate surface area is 239 Å². The van der Waals surface area contributed by atoms with Crippen molar-refractivity contribution in [3.8, 4) is 28.3 Å². The summed E-state index contributed by atoms with van der Waals surface area (Å²) in [7, 11) is 0. The Balaban J connectivity index is 1.57. The fraction of sp³-hybridized carbons (Fsp3) is 0.265. The number of carboxylic acid groups (broad SMARTS) is 1. The molecule has 0 amide bonds. The van der Waals surface area contributed by atoms with Gasteiger partial charge in [0.1, 0.15) is 5.75 Å². The van der Waals surface area contributed by atoms with Gasteiger partial charge >= 0.3 is 5.97 Å². The monoisotopic (exact) mass is 547 g/mol. The standard InChI is InChI=1S/C34H33N3O4/c1-34(2,3)41-32(33(38)39)29-26-13-7-8-14-27(26)30(25-19-35-37(21-25)20-22-10-5-4-6-11-22)36-31(29)24-15-16-28-23(18-24)12-9-17-40-28/h4-8,10-11,13-16,18-19,21,32H,9,12,17,20H2,1-3H3,(H,38,39). The van der Waals surface area contributed by atoms with Gasteiger partial charge in [0.2, 0.25) is 0 Å². The number of rotatable bonds is 7. The summed E-state index contributed by atoms with van der Waals surface area (Å²) in [6.07, 6.45) is 4.43. The summed E-state index contributed by atoms with van der Waals surface area (Å²) < 4.78 is 14.0. The van der Waals surface area contributed by atoms with Gasteiger partial charge in [0.15, 0.2) is 6.10 Å². The minimum atomic E-state index is -1.22. The molecule has 1 aliphatic rings. The van der Waals surface area contributed by atoms with Gasteiger partial charge in [-0.05, 0) is 68.3 Å². The molecule has 5 aromatic rings. The van der Waals surface area contributed by atoms with E-state index in [2.05, 4.69) is 23.3 Å². The lowest BCUT2D eigenvalue weighted by atomic mass is 9.91. The molecule has 0 bridgehead atoms. The SMILES string of the molecule is CC(C)(C)OC(C(=O)O)c1c(-c2ccc3c(c2)CCCO3)nc(-c2cnn(Cc3ccccc3)c2)c2ccccc12. The van der Waals surface area contributed by atoms with Crippen molar-refractivity contribution in [1.82, 2.24) is 14.8 Å². The normalized spacial score (nSPS) is 13.9. The lowest BCUT2D eigenvalue weighted by Gasteiger charge is -2.28. The molecule has 7 nitrogen and oxygen atoms in total. The maximum atomic E-state index is 12.8. The van der Waals surface area contributed by atoms with Gasteiger partial charge in [0, 0.05) is 28.3 Å². The van der Waals surface area contributed by atoms with Gasteiger partial charge in [-0.3, -0.25) is 4.68 Å². The highest BCUT2D eigenvalue weighted by Gasteiger charge is 2.33. The average Bonchev–Trinajstić information content (AvgIpc) is 3.43. The summed E-state index contributed by atoms with van der Waals surface area (Å²) in [4.78, 5) is 18.0. The van der Waals surface area contributed by atoms with E-state index in [0.717, 1.165) is 57.3 Å². The van der Waals surface area contributed by atoms with Crippen LogP contribution in [0.1, 0.15) is 50.0 Å². The molecule has 0 aliphatic carbocycles. The smallest absolute Gasteiger partial charge is 0.337 e. The van der Waals surface area contributed by atoms with Crippen LogP contribution in [0.15, 0.2) is 85.2 Å². The highest BCUT2D eigenvalue weighted by molar-refractivity contribution is 6.01. The third kappa shape index (κ3) is 5.58. The maximum absolute atomic E-state index is 12.8. The molecule has 1 aliphatic heterocycles. The number of aryl methyl sites for hydroxylation is 1. The van der Waals surface area contributed by atoms with E-state index in [-0.39, 0.29) is 0 Å².